The number of hydrogen-bond donors (Lipinski definition) is 2. The minimum Gasteiger partial charge on any atom is -0.457 e. The van der Waals surface area contributed by atoms with E-state index in [4.69, 9.17) is 14.2 Å². The van der Waals surface area contributed by atoms with Crippen LogP contribution in [-0.2, 0) is 40.2 Å². The molecule has 0 saturated carbocycles. The number of benzene rings is 6. The molecule has 2 atom stereocenters. The lowest BCUT2D eigenvalue weighted by molar-refractivity contribution is -0.131. The molecule has 0 aliphatic carbocycles. The van der Waals surface area contributed by atoms with Crippen LogP contribution in [0.5, 0.6) is 23.0 Å². The van der Waals surface area contributed by atoms with E-state index in [1.165, 1.54) is 0 Å². The molecule has 0 heterocycles. The molecule has 2 amide bonds. The first kappa shape index (κ1) is 41.0. The Hall–Kier alpha value is -6.67. The maximum absolute atomic E-state index is 15.1. The van der Waals surface area contributed by atoms with Crippen LogP contribution >= 0.6 is 0 Å². The fourth-order valence-electron chi connectivity index (χ4n) is 6.80. The van der Waals surface area contributed by atoms with Gasteiger partial charge in [-0.3, -0.25) is 9.59 Å². The molecule has 6 aromatic rings. The Balaban J connectivity index is 1.27. The van der Waals surface area contributed by atoms with Gasteiger partial charge in [-0.2, -0.15) is 0 Å². The Kier molecular flexibility index (Phi) is 14.9. The Morgan fingerprint density at radius 3 is 1.43 bits per heavy atom. The lowest BCUT2D eigenvalue weighted by Gasteiger charge is -2.27. The number of nitrogens with one attached hydrogen (secondary N) is 2. The number of ketones is 1. The molecule has 6 aromatic carbocycles. The van der Waals surface area contributed by atoms with Gasteiger partial charge >= 0.3 is 6.09 Å². The number of hydrogen-bond acceptors (Lipinski definition) is 6. The van der Waals surface area contributed by atoms with Crippen molar-refractivity contribution in [1.29, 1.82) is 0 Å². The van der Waals surface area contributed by atoms with E-state index in [1.54, 1.807) is 0 Å². The molecule has 0 radical (unpaired) electrons. The first-order chi connectivity index (χ1) is 28.3. The second-order valence-corrected chi connectivity index (χ2v) is 14.8. The molecule has 0 aliphatic heterocycles. The molecule has 0 aromatic heterocycles. The van der Waals surface area contributed by atoms with E-state index in [9.17, 15) is 9.59 Å². The van der Waals surface area contributed by atoms with Gasteiger partial charge in [0.05, 0.1) is 6.04 Å². The molecule has 0 aliphatic rings. The SMILES string of the molecule is CC(C)C[C@H](NC(=O)OCc1ccccc1)C(=O)N[C@@H](Cc1ccccc1)C(=O)C(Cc1cccc(Oc2ccccc2)c1)Cc1cccc(Oc2ccccc2)c1. The second kappa shape index (κ2) is 21.0. The van der Waals surface area contributed by atoms with Crippen LogP contribution < -0.4 is 20.1 Å². The zero-order valence-electron chi connectivity index (χ0n) is 33.0. The summed E-state index contributed by atoms with van der Waals surface area (Å²) in [5.41, 5.74) is 3.55. The molecule has 6 rings (SSSR count). The average molecular weight is 775 g/mol. The van der Waals surface area contributed by atoms with Crippen LogP contribution in [0.1, 0.15) is 42.5 Å². The molecular formula is C50H50N2O6. The average Bonchev–Trinajstić information content (AvgIpc) is 3.23. The van der Waals surface area contributed by atoms with Gasteiger partial charge in [-0.15, -0.1) is 0 Å². The van der Waals surface area contributed by atoms with Crippen LogP contribution in [0.2, 0.25) is 0 Å². The number of rotatable bonds is 19. The van der Waals surface area contributed by atoms with Gasteiger partial charge in [0.2, 0.25) is 5.91 Å². The predicted molar refractivity (Wildman–Crippen MR) is 227 cm³/mol. The minimum atomic E-state index is -0.925. The summed E-state index contributed by atoms with van der Waals surface area (Å²) < 4.78 is 17.8. The van der Waals surface area contributed by atoms with Crippen LogP contribution in [0.25, 0.3) is 0 Å². The quantitative estimate of drug-likeness (QED) is 0.0850. The molecule has 0 saturated heterocycles. The highest BCUT2D eigenvalue weighted by atomic mass is 16.5. The predicted octanol–water partition coefficient (Wildman–Crippen LogP) is 10.3. The first-order valence-corrected chi connectivity index (χ1v) is 19.8. The zero-order chi connectivity index (χ0) is 40.5. The summed E-state index contributed by atoms with van der Waals surface area (Å²) in [4.78, 5) is 42.3. The fourth-order valence-corrected chi connectivity index (χ4v) is 6.80. The molecule has 58 heavy (non-hydrogen) atoms. The van der Waals surface area contributed by atoms with Gasteiger partial charge < -0.3 is 24.8 Å². The van der Waals surface area contributed by atoms with Gasteiger partial charge in [-0.05, 0) is 102 Å². The van der Waals surface area contributed by atoms with Crippen molar-refractivity contribution >= 4 is 17.8 Å². The molecule has 296 valence electrons. The van der Waals surface area contributed by atoms with E-state index >= 15 is 4.79 Å². The number of amides is 2. The smallest absolute Gasteiger partial charge is 0.408 e. The van der Waals surface area contributed by atoms with Crippen LogP contribution in [0, 0.1) is 11.8 Å². The van der Waals surface area contributed by atoms with Gasteiger partial charge in [-0.1, -0.05) is 135 Å². The molecule has 0 unspecified atom stereocenters. The molecule has 0 bridgehead atoms. The van der Waals surface area contributed by atoms with E-state index in [-0.39, 0.29) is 24.7 Å². The summed E-state index contributed by atoms with van der Waals surface area (Å²) in [5.74, 6) is 1.67. The van der Waals surface area contributed by atoms with Crippen molar-refractivity contribution in [2.24, 2.45) is 11.8 Å². The summed E-state index contributed by atoms with van der Waals surface area (Å²) in [6, 6.07) is 51.8. The Labute approximate surface area is 341 Å². The maximum atomic E-state index is 15.1. The third kappa shape index (κ3) is 12.9. The third-order valence-corrected chi connectivity index (χ3v) is 9.59. The normalized spacial score (nSPS) is 12.0. The highest BCUT2D eigenvalue weighted by molar-refractivity contribution is 5.93. The maximum Gasteiger partial charge on any atom is 0.408 e. The van der Waals surface area contributed by atoms with E-state index in [1.807, 2.05) is 184 Å². The van der Waals surface area contributed by atoms with Crippen LogP contribution in [0.4, 0.5) is 4.79 Å². The topological polar surface area (TPSA) is 103 Å². The highest BCUT2D eigenvalue weighted by Gasteiger charge is 2.32. The van der Waals surface area contributed by atoms with E-state index < -0.39 is 30.0 Å². The van der Waals surface area contributed by atoms with Gasteiger partial charge in [0.15, 0.2) is 5.78 Å². The molecule has 0 spiro atoms. The second-order valence-electron chi connectivity index (χ2n) is 14.8. The van der Waals surface area contributed by atoms with Crippen molar-refractivity contribution in [3.8, 4) is 23.0 Å². The minimum absolute atomic E-state index is 0.0642. The Bertz CT molecular complexity index is 2110. The largest absolute Gasteiger partial charge is 0.457 e. The number of carbonyl (C=O) groups excluding carboxylic acids is 3. The number of carbonyl (C=O) groups is 3. The van der Waals surface area contributed by atoms with Crippen molar-refractivity contribution in [3.63, 3.8) is 0 Å². The van der Waals surface area contributed by atoms with Crippen molar-refractivity contribution in [1.82, 2.24) is 10.6 Å². The van der Waals surface area contributed by atoms with Gasteiger partial charge in [0.25, 0.3) is 0 Å². The fraction of sp³-hybridized carbons (Fsp3) is 0.220. The standard InChI is InChI=1S/C50H50N2O6/c1-36(2)29-47(52-50(55)56-35-38-19-9-4-10-20-38)49(54)51-46(34-37-17-7-3-8-18-37)48(53)41(30-39-21-15-27-44(32-39)57-42-23-11-5-12-24-42)31-40-22-16-28-45(33-40)58-43-25-13-6-14-26-43/h3-28,32-33,36,41,46-47H,29-31,34-35H2,1-2H3,(H,51,54)(H,52,55)/t46-,47-/m0/s1. The van der Waals surface area contributed by atoms with E-state index in [0.29, 0.717) is 42.3 Å². The molecular weight excluding hydrogens is 725 g/mol. The molecule has 8 heteroatoms. The number of para-hydroxylation sites is 2. The molecule has 8 nitrogen and oxygen atoms in total. The highest BCUT2D eigenvalue weighted by Crippen LogP contribution is 2.28. The van der Waals surface area contributed by atoms with Crippen molar-refractivity contribution in [2.45, 2.75) is 58.2 Å². The van der Waals surface area contributed by atoms with E-state index in [2.05, 4.69) is 10.6 Å². The lowest BCUT2D eigenvalue weighted by Crippen LogP contribution is -2.54. The van der Waals surface area contributed by atoms with Crippen LogP contribution in [-0.4, -0.2) is 29.9 Å². The molecule has 0 fully saturated rings. The van der Waals surface area contributed by atoms with Gasteiger partial charge in [0, 0.05) is 5.92 Å². The number of alkyl carbamates (subject to hydrolysis) is 1. The van der Waals surface area contributed by atoms with Crippen LogP contribution in [0.3, 0.4) is 0 Å². The zero-order valence-corrected chi connectivity index (χ0v) is 33.0. The lowest BCUT2D eigenvalue weighted by atomic mass is 9.84. The molecule has 2 N–H and O–H groups in total. The summed E-state index contributed by atoms with van der Waals surface area (Å²) in [6.45, 7) is 4.02. The van der Waals surface area contributed by atoms with Crippen LogP contribution in [0.15, 0.2) is 170 Å². The van der Waals surface area contributed by atoms with Gasteiger partial charge in [-0.25, -0.2) is 4.79 Å². The van der Waals surface area contributed by atoms with E-state index in [0.717, 1.165) is 22.3 Å². The van der Waals surface area contributed by atoms with Gasteiger partial charge in [0.1, 0.15) is 35.6 Å². The summed E-state index contributed by atoms with van der Waals surface area (Å²) in [7, 11) is 0. The Morgan fingerprint density at radius 2 is 0.931 bits per heavy atom. The number of ether oxygens (including phenoxy) is 3. The summed E-state index contributed by atoms with van der Waals surface area (Å²) >= 11 is 0. The first-order valence-electron chi connectivity index (χ1n) is 19.8. The van der Waals surface area contributed by atoms with Crippen molar-refractivity contribution < 1.29 is 28.6 Å². The van der Waals surface area contributed by atoms with Crippen molar-refractivity contribution in [3.05, 3.63) is 192 Å². The summed E-state index contributed by atoms with van der Waals surface area (Å²) in [6.07, 6.45) is 0.682. The monoisotopic (exact) mass is 774 g/mol. The third-order valence-electron chi connectivity index (χ3n) is 9.59. The Morgan fingerprint density at radius 1 is 0.483 bits per heavy atom. The van der Waals surface area contributed by atoms with Crippen molar-refractivity contribution in [2.75, 3.05) is 0 Å². The number of Topliss-reactive ketones (excluding diaryl/α,β-unsaturated/α-hetero) is 1. The summed E-state index contributed by atoms with van der Waals surface area (Å²) in [5, 5.41) is 5.86.